The number of rotatable bonds is 9. The SMILES string of the molecule is CCN(CC)CCCNCc1c(Cl)cccc1S(C)(=O)=O. The van der Waals surface area contributed by atoms with Gasteiger partial charge in [-0.3, -0.25) is 0 Å². The van der Waals surface area contributed by atoms with Gasteiger partial charge in [0.1, 0.15) is 0 Å². The molecule has 6 heteroatoms. The van der Waals surface area contributed by atoms with Crippen molar-refractivity contribution >= 4 is 21.4 Å². The van der Waals surface area contributed by atoms with Crippen molar-refractivity contribution in [2.24, 2.45) is 0 Å². The Balaban J connectivity index is 2.57. The Morgan fingerprint density at radius 1 is 1.24 bits per heavy atom. The van der Waals surface area contributed by atoms with Crippen molar-refractivity contribution in [1.82, 2.24) is 10.2 Å². The number of hydrogen-bond acceptors (Lipinski definition) is 4. The monoisotopic (exact) mass is 332 g/mol. The van der Waals surface area contributed by atoms with Crippen LogP contribution >= 0.6 is 11.6 Å². The van der Waals surface area contributed by atoms with E-state index in [9.17, 15) is 8.42 Å². The summed E-state index contributed by atoms with van der Waals surface area (Å²) in [5, 5.41) is 3.78. The molecule has 0 unspecified atom stereocenters. The molecule has 1 N–H and O–H groups in total. The van der Waals surface area contributed by atoms with E-state index in [-0.39, 0.29) is 0 Å². The predicted octanol–water partition coefficient (Wildman–Crippen LogP) is 2.57. The third-order valence-electron chi connectivity index (χ3n) is 3.50. The van der Waals surface area contributed by atoms with Crippen LogP contribution in [0.4, 0.5) is 0 Å². The number of halogens is 1. The van der Waals surface area contributed by atoms with Crippen molar-refractivity contribution in [3.05, 3.63) is 28.8 Å². The van der Waals surface area contributed by atoms with Crippen LogP contribution in [-0.2, 0) is 16.4 Å². The molecule has 1 rings (SSSR count). The molecule has 0 aliphatic heterocycles. The van der Waals surface area contributed by atoms with Gasteiger partial charge in [-0.15, -0.1) is 0 Å². The summed E-state index contributed by atoms with van der Waals surface area (Å²) < 4.78 is 23.5. The van der Waals surface area contributed by atoms with E-state index >= 15 is 0 Å². The summed E-state index contributed by atoms with van der Waals surface area (Å²) >= 11 is 6.13. The van der Waals surface area contributed by atoms with E-state index in [4.69, 9.17) is 11.6 Å². The second-order valence-electron chi connectivity index (χ2n) is 5.05. The summed E-state index contributed by atoms with van der Waals surface area (Å²) in [5.74, 6) is 0. The average molecular weight is 333 g/mol. The highest BCUT2D eigenvalue weighted by Gasteiger charge is 2.15. The molecule has 0 saturated carbocycles. The molecule has 1 aromatic rings. The zero-order valence-electron chi connectivity index (χ0n) is 13.0. The summed E-state index contributed by atoms with van der Waals surface area (Å²) in [6.45, 7) is 8.77. The highest BCUT2D eigenvalue weighted by atomic mass is 35.5. The van der Waals surface area contributed by atoms with Gasteiger partial charge in [-0.05, 0) is 44.7 Å². The molecule has 0 aromatic heterocycles. The zero-order valence-corrected chi connectivity index (χ0v) is 14.6. The molecule has 1 aromatic carbocycles. The average Bonchev–Trinajstić information content (AvgIpc) is 2.43. The molecule has 0 radical (unpaired) electrons. The van der Waals surface area contributed by atoms with E-state index in [0.717, 1.165) is 32.6 Å². The molecule has 4 nitrogen and oxygen atoms in total. The van der Waals surface area contributed by atoms with Crippen molar-refractivity contribution in [1.29, 1.82) is 0 Å². The largest absolute Gasteiger partial charge is 0.313 e. The van der Waals surface area contributed by atoms with Gasteiger partial charge in [-0.1, -0.05) is 31.5 Å². The van der Waals surface area contributed by atoms with Crippen molar-refractivity contribution < 1.29 is 8.42 Å². The first-order valence-corrected chi connectivity index (χ1v) is 9.57. The minimum absolute atomic E-state index is 0.311. The molecule has 0 aliphatic carbocycles. The van der Waals surface area contributed by atoms with Crippen molar-refractivity contribution in [2.75, 3.05) is 32.4 Å². The maximum atomic E-state index is 11.8. The van der Waals surface area contributed by atoms with Crippen LogP contribution in [0.1, 0.15) is 25.8 Å². The first kappa shape index (κ1) is 18.4. The standard InChI is InChI=1S/C15H25ClN2O2S/c1-4-18(5-2)11-7-10-17-12-13-14(16)8-6-9-15(13)21(3,19)20/h6,8-9,17H,4-5,7,10-12H2,1-3H3. The highest BCUT2D eigenvalue weighted by Crippen LogP contribution is 2.23. The number of benzene rings is 1. The molecule has 0 bridgehead atoms. The molecule has 0 amide bonds. The van der Waals surface area contributed by atoms with Crippen LogP contribution in [0.15, 0.2) is 23.1 Å². The molecular formula is C15H25ClN2O2S. The summed E-state index contributed by atoms with van der Waals surface area (Å²) in [6.07, 6.45) is 2.24. The molecule has 21 heavy (non-hydrogen) atoms. The van der Waals surface area contributed by atoms with Crippen molar-refractivity contribution in [3.63, 3.8) is 0 Å². The Bertz CT molecular complexity index is 543. The summed E-state index contributed by atoms with van der Waals surface area (Å²) in [7, 11) is -3.25. The zero-order chi connectivity index (χ0) is 15.9. The van der Waals surface area contributed by atoms with E-state index in [0.29, 0.717) is 22.0 Å². The van der Waals surface area contributed by atoms with E-state index in [1.807, 2.05) is 0 Å². The fourth-order valence-electron chi connectivity index (χ4n) is 2.24. The second kappa shape index (κ2) is 8.73. The fourth-order valence-corrected chi connectivity index (χ4v) is 3.49. The molecule has 0 aliphatic rings. The van der Waals surface area contributed by atoms with Crippen LogP contribution in [0.25, 0.3) is 0 Å². The van der Waals surface area contributed by atoms with Gasteiger partial charge in [-0.25, -0.2) is 8.42 Å². The van der Waals surface area contributed by atoms with E-state index in [1.54, 1.807) is 18.2 Å². The first-order valence-electron chi connectivity index (χ1n) is 7.30. The lowest BCUT2D eigenvalue weighted by atomic mass is 10.2. The maximum absolute atomic E-state index is 11.8. The molecule has 0 heterocycles. The van der Waals surface area contributed by atoms with Crippen molar-refractivity contribution in [3.8, 4) is 0 Å². The lowest BCUT2D eigenvalue weighted by Gasteiger charge is -2.18. The minimum atomic E-state index is -3.25. The molecule has 0 saturated heterocycles. The quantitative estimate of drug-likeness (QED) is 0.706. The predicted molar refractivity (Wildman–Crippen MR) is 88.7 cm³/mol. The summed E-state index contributed by atoms with van der Waals surface area (Å²) in [4.78, 5) is 2.67. The Morgan fingerprint density at radius 3 is 2.48 bits per heavy atom. The number of nitrogens with one attached hydrogen (secondary N) is 1. The lowest BCUT2D eigenvalue weighted by Crippen LogP contribution is -2.27. The van der Waals surface area contributed by atoms with E-state index in [1.165, 1.54) is 6.26 Å². The van der Waals surface area contributed by atoms with Crippen LogP contribution in [0.5, 0.6) is 0 Å². The highest BCUT2D eigenvalue weighted by molar-refractivity contribution is 7.90. The number of hydrogen-bond donors (Lipinski definition) is 1. The summed E-state index contributed by atoms with van der Waals surface area (Å²) in [5.41, 5.74) is 0.657. The number of sulfone groups is 1. The molecule has 120 valence electrons. The van der Waals surface area contributed by atoms with Gasteiger partial charge < -0.3 is 10.2 Å². The minimum Gasteiger partial charge on any atom is -0.313 e. The number of nitrogens with zero attached hydrogens (tertiary/aromatic N) is 1. The molecule has 0 fully saturated rings. The van der Waals surface area contributed by atoms with Gasteiger partial charge >= 0.3 is 0 Å². The second-order valence-corrected chi connectivity index (χ2v) is 7.44. The maximum Gasteiger partial charge on any atom is 0.175 e. The van der Waals surface area contributed by atoms with Crippen LogP contribution < -0.4 is 5.32 Å². The summed E-state index contributed by atoms with van der Waals surface area (Å²) in [6, 6.07) is 5.00. The smallest absolute Gasteiger partial charge is 0.175 e. The van der Waals surface area contributed by atoms with E-state index < -0.39 is 9.84 Å². The first-order chi connectivity index (χ1) is 9.90. The van der Waals surface area contributed by atoms with E-state index in [2.05, 4.69) is 24.1 Å². The fraction of sp³-hybridized carbons (Fsp3) is 0.600. The third-order valence-corrected chi connectivity index (χ3v) is 5.03. The van der Waals surface area contributed by atoms with Gasteiger partial charge in [0.05, 0.1) is 4.90 Å². The van der Waals surface area contributed by atoms with Crippen LogP contribution in [-0.4, -0.2) is 45.8 Å². The Labute approximate surface area is 133 Å². The van der Waals surface area contributed by atoms with Crippen LogP contribution in [0.2, 0.25) is 5.02 Å². The Morgan fingerprint density at radius 2 is 1.90 bits per heavy atom. The third kappa shape index (κ3) is 5.94. The molecular weight excluding hydrogens is 308 g/mol. The van der Waals surface area contributed by atoms with Gasteiger partial charge in [0.2, 0.25) is 0 Å². The Kier molecular flexibility index (Phi) is 7.66. The normalized spacial score (nSPS) is 12.0. The van der Waals surface area contributed by atoms with Crippen molar-refractivity contribution in [2.45, 2.75) is 31.7 Å². The lowest BCUT2D eigenvalue weighted by molar-refractivity contribution is 0.298. The molecule has 0 spiro atoms. The van der Waals surface area contributed by atoms with Gasteiger partial charge in [-0.2, -0.15) is 0 Å². The van der Waals surface area contributed by atoms with Crippen LogP contribution in [0, 0.1) is 0 Å². The topological polar surface area (TPSA) is 49.4 Å². The van der Waals surface area contributed by atoms with Gasteiger partial charge in [0.15, 0.2) is 9.84 Å². The van der Waals surface area contributed by atoms with Gasteiger partial charge in [0.25, 0.3) is 0 Å². The van der Waals surface area contributed by atoms with Crippen LogP contribution in [0.3, 0.4) is 0 Å². The molecule has 0 atom stereocenters. The Hall–Kier alpha value is -0.620. The van der Waals surface area contributed by atoms with Gasteiger partial charge in [0, 0.05) is 23.4 Å².